The van der Waals surface area contributed by atoms with Crippen LogP contribution >= 0.6 is 0 Å². The van der Waals surface area contributed by atoms with Crippen molar-refractivity contribution in [3.8, 4) is 101 Å². The number of fused-ring (bicyclic) bond motifs is 3. The molecule has 0 radical (unpaired) electrons. The number of benzene rings is 7. The number of alkyl halides is 2. The quantitative estimate of drug-likeness (QED) is 0.153. The van der Waals surface area contributed by atoms with Crippen LogP contribution in [0.3, 0.4) is 0 Å². The van der Waals surface area contributed by atoms with E-state index in [0.717, 1.165) is 61.5 Å². The number of hydrogen-bond donors (Lipinski definition) is 0. The molecule has 1 aliphatic carbocycles. The number of pyridine rings is 2. The maximum Gasteiger partial charge on any atom is 0.299 e. The first-order chi connectivity index (χ1) is 30.9. The van der Waals surface area contributed by atoms with Crippen molar-refractivity contribution in [2.24, 2.45) is 0 Å². The van der Waals surface area contributed by atoms with Gasteiger partial charge < -0.3 is 0 Å². The minimum Gasteiger partial charge on any atom is -0.256 e. The molecular formula is C56H35F2N5. The van der Waals surface area contributed by atoms with Gasteiger partial charge in [0.1, 0.15) is 0 Å². The zero-order valence-corrected chi connectivity index (χ0v) is 33.7. The summed E-state index contributed by atoms with van der Waals surface area (Å²) in [5.74, 6) is -2.02. The second-order valence-electron chi connectivity index (χ2n) is 15.5. The van der Waals surface area contributed by atoms with Crippen LogP contribution in [0.15, 0.2) is 213 Å². The van der Waals surface area contributed by atoms with Gasteiger partial charge in [0.05, 0.1) is 11.4 Å². The van der Waals surface area contributed by atoms with Gasteiger partial charge >= 0.3 is 0 Å². The smallest absolute Gasteiger partial charge is 0.256 e. The zero-order valence-electron chi connectivity index (χ0n) is 33.7. The fourth-order valence-corrected chi connectivity index (χ4v) is 8.34. The first kappa shape index (κ1) is 37.7. The normalized spacial score (nSPS) is 12.4. The van der Waals surface area contributed by atoms with Gasteiger partial charge in [-0.05, 0) is 99.1 Å². The van der Waals surface area contributed by atoms with E-state index in [1.165, 1.54) is 6.07 Å². The van der Waals surface area contributed by atoms with Crippen molar-refractivity contribution in [2.75, 3.05) is 0 Å². The van der Waals surface area contributed by atoms with E-state index in [-0.39, 0.29) is 11.1 Å². The molecule has 3 heterocycles. The molecule has 63 heavy (non-hydrogen) atoms. The molecule has 0 saturated carbocycles. The largest absolute Gasteiger partial charge is 0.299 e. The summed E-state index contributed by atoms with van der Waals surface area (Å²) in [5, 5.41) is 0. The predicted molar refractivity (Wildman–Crippen MR) is 247 cm³/mol. The SMILES string of the molecule is FC1(F)c2cc(-c3cc(-c4ccc(-c5ccccn5)cc4)cc(-c4ccc(-c5ccccn5)cc4)c3)ccc2-c2ccc(-c3nc(-c4ccccc4)nc(-c4ccccc4)n3)cc21. The van der Waals surface area contributed by atoms with Crippen molar-refractivity contribution in [2.45, 2.75) is 5.92 Å². The molecule has 7 aromatic carbocycles. The Bertz CT molecular complexity index is 3110. The molecule has 11 rings (SSSR count). The van der Waals surface area contributed by atoms with E-state index >= 15 is 8.78 Å². The highest BCUT2D eigenvalue weighted by atomic mass is 19.3. The monoisotopic (exact) mass is 815 g/mol. The summed E-state index contributed by atoms with van der Waals surface area (Å²) in [4.78, 5) is 23.4. The molecule has 0 unspecified atom stereocenters. The fraction of sp³-hybridized carbons (Fsp3) is 0.0179. The molecule has 1 aliphatic rings. The summed E-state index contributed by atoms with van der Waals surface area (Å²) < 4.78 is 34.0. The third-order valence-electron chi connectivity index (χ3n) is 11.6. The van der Waals surface area contributed by atoms with Gasteiger partial charge in [-0.25, -0.2) is 15.0 Å². The minimum absolute atomic E-state index is 0.0378. The number of rotatable bonds is 8. The lowest BCUT2D eigenvalue weighted by Gasteiger charge is -2.16. The first-order valence-electron chi connectivity index (χ1n) is 20.7. The fourth-order valence-electron chi connectivity index (χ4n) is 8.34. The van der Waals surface area contributed by atoms with Crippen molar-refractivity contribution in [1.29, 1.82) is 0 Å². The minimum atomic E-state index is -3.28. The molecule has 3 aromatic heterocycles. The zero-order chi connectivity index (χ0) is 42.3. The molecule has 5 nitrogen and oxygen atoms in total. The van der Waals surface area contributed by atoms with Gasteiger partial charge in [-0.1, -0.05) is 146 Å². The maximum absolute atomic E-state index is 17.0. The second kappa shape index (κ2) is 15.6. The molecule has 0 atom stereocenters. The molecule has 0 fully saturated rings. The van der Waals surface area contributed by atoms with E-state index in [2.05, 4.69) is 76.7 Å². The molecule has 298 valence electrons. The van der Waals surface area contributed by atoms with E-state index in [4.69, 9.17) is 15.0 Å². The summed E-state index contributed by atoms with van der Waals surface area (Å²) in [7, 11) is 0. The highest BCUT2D eigenvalue weighted by Crippen LogP contribution is 2.53. The van der Waals surface area contributed by atoms with Crippen molar-refractivity contribution >= 4 is 0 Å². The molecule has 0 spiro atoms. The van der Waals surface area contributed by atoms with Crippen LogP contribution in [-0.4, -0.2) is 24.9 Å². The van der Waals surface area contributed by atoms with Crippen LogP contribution in [0.25, 0.3) is 101 Å². The van der Waals surface area contributed by atoms with E-state index in [1.54, 1.807) is 24.5 Å². The Morgan fingerprint density at radius 2 is 0.651 bits per heavy atom. The van der Waals surface area contributed by atoms with Crippen LogP contribution in [0.2, 0.25) is 0 Å². The molecule has 0 amide bonds. The Balaban J connectivity index is 0.984. The topological polar surface area (TPSA) is 64.5 Å². The number of hydrogen-bond acceptors (Lipinski definition) is 5. The van der Waals surface area contributed by atoms with E-state index in [1.807, 2.05) is 115 Å². The van der Waals surface area contributed by atoms with Crippen LogP contribution in [-0.2, 0) is 5.92 Å². The summed E-state index contributed by atoms with van der Waals surface area (Å²) in [6, 6.07) is 64.4. The molecule has 0 N–H and O–H groups in total. The lowest BCUT2D eigenvalue weighted by Crippen LogP contribution is -2.11. The molecule has 0 aliphatic heterocycles. The summed E-state index contributed by atoms with van der Waals surface area (Å²) in [6.07, 6.45) is 3.57. The number of aromatic nitrogens is 5. The number of halogens is 2. The predicted octanol–water partition coefficient (Wildman–Crippen LogP) is 14.1. The molecule has 0 saturated heterocycles. The highest BCUT2D eigenvalue weighted by Gasteiger charge is 2.45. The highest BCUT2D eigenvalue weighted by molar-refractivity contribution is 5.87. The average Bonchev–Trinajstić information content (AvgIpc) is 3.59. The van der Waals surface area contributed by atoms with Crippen LogP contribution in [0.4, 0.5) is 8.78 Å². The Morgan fingerprint density at radius 1 is 0.286 bits per heavy atom. The molecule has 0 bridgehead atoms. The lowest BCUT2D eigenvalue weighted by atomic mass is 9.91. The van der Waals surface area contributed by atoms with Gasteiger partial charge in [-0.3, -0.25) is 9.97 Å². The summed E-state index contributed by atoms with van der Waals surface area (Å²) in [5.41, 5.74) is 12.2. The van der Waals surface area contributed by atoms with Crippen molar-refractivity contribution in [3.63, 3.8) is 0 Å². The van der Waals surface area contributed by atoms with E-state index < -0.39 is 5.92 Å². The van der Waals surface area contributed by atoms with Crippen LogP contribution < -0.4 is 0 Å². The third kappa shape index (κ3) is 7.15. The Labute approximate surface area is 363 Å². The van der Waals surface area contributed by atoms with E-state index in [9.17, 15) is 0 Å². The van der Waals surface area contributed by atoms with Gasteiger partial charge in [0.2, 0.25) is 0 Å². The van der Waals surface area contributed by atoms with Gasteiger partial charge in [0.25, 0.3) is 5.92 Å². The molecule has 7 heteroatoms. The van der Waals surface area contributed by atoms with Crippen LogP contribution in [0, 0.1) is 0 Å². The lowest BCUT2D eigenvalue weighted by molar-refractivity contribution is 0.0481. The molecule has 10 aromatic rings. The summed E-state index contributed by atoms with van der Waals surface area (Å²) in [6.45, 7) is 0. The number of nitrogens with zero attached hydrogens (tertiary/aromatic N) is 5. The van der Waals surface area contributed by atoms with E-state index in [0.29, 0.717) is 39.7 Å². The van der Waals surface area contributed by atoms with Crippen molar-refractivity contribution in [3.05, 3.63) is 224 Å². The second-order valence-corrected chi connectivity index (χ2v) is 15.5. The van der Waals surface area contributed by atoms with Gasteiger partial charge in [0.15, 0.2) is 17.5 Å². The summed E-state index contributed by atoms with van der Waals surface area (Å²) >= 11 is 0. The first-order valence-corrected chi connectivity index (χ1v) is 20.7. The van der Waals surface area contributed by atoms with Gasteiger partial charge in [-0.2, -0.15) is 8.78 Å². The third-order valence-corrected chi connectivity index (χ3v) is 11.6. The van der Waals surface area contributed by atoms with Crippen molar-refractivity contribution < 1.29 is 8.78 Å². The Hall–Kier alpha value is -8.29. The average molecular weight is 816 g/mol. The van der Waals surface area contributed by atoms with Gasteiger partial charge in [0, 0.05) is 51.3 Å². The Morgan fingerprint density at radius 3 is 1.10 bits per heavy atom. The van der Waals surface area contributed by atoms with Gasteiger partial charge in [-0.15, -0.1) is 0 Å². The molecular weight excluding hydrogens is 781 g/mol. The Kier molecular flexibility index (Phi) is 9.35. The van der Waals surface area contributed by atoms with Crippen molar-refractivity contribution in [1.82, 2.24) is 24.9 Å². The maximum atomic E-state index is 17.0. The standard InChI is InChI=1S/C56H35F2N5/c57-56(58)49-34-42(25-27-47(49)48-28-26-43(35-50(48)56)55-62-53(40-11-3-1-4-12-40)61-54(63-55)41-13-5-2-6-14-41)46-32-44(36-17-21-38(22-18-36)51-15-7-9-29-59-51)31-45(33-46)37-19-23-39(24-20-37)52-16-8-10-30-60-52/h1-35H. The van der Waals surface area contributed by atoms with Crippen LogP contribution in [0.1, 0.15) is 11.1 Å². The van der Waals surface area contributed by atoms with Crippen LogP contribution in [0.5, 0.6) is 0 Å².